The zero-order valence-corrected chi connectivity index (χ0v) is 10.1. The summed E-state index contributed by atoms with van der Waals surface area (Å²) in [5.74, 6) is 0.406. The molecule has 1 amide bonds. The van der Waals surface area contributed by atoms with Gasteiger partial charge in [-0.3, -0.25) is 4.79 Å². The Hall–Kier alpha value is -0.940. The monoisotopic (exact) mass is 237 g/mol. The SMILES string of the molecule is CN1CCc2nc(NC(=O)C3CC3)sc2C1. The first-order valence-electron chi connectivity index (χ1n) is 5.70. The van der Waals surface area contributed by atoms with Crippen molar-refractivity contribution < 1.29 is 4.79 Å². The number of carbonyl (C=O) groups is 1. The van der Waals surface area contributed by atoms with Gasteiger partial charge in [0.25, 0.3) is 0 Å². The quantitative estimate of drug-likeness (QED) is 0.847. The normalized spacial score (nSPS) is 20.6. The molecular weight excluding hydrogens is 222 g/mol. The van der Waals surface area contributed by atoms with E-state index in [1.54, 1.807) is 11.3 Å². The first kappa shape index (κ1) is 10.2. The minimum absolute atomic E-state index is 0.152. The van der Waals surface area contributed by atoms with Crippen molar-refractivity contribution >= 4 is 22.4 Å². The van der Waals surface area contributed by atoms with Crippen molar-refractivity contribution in [2.75, 3.05) is 18.9 Å². The minimum Gasteiger partial charge on any atom is -0.302 e. The molecule has 2 aliphatic rings. The number of hydrogen-bond donors (Lipinski definition) is 1. The zero-order chi connectivity index (χ0) is 11.1. The summed E-state index contributed by atoms with van der Waals surface area (Å²) in [6, 6.07) is 0. The van der Waals surface area contributed by atoms with Crippen LogP contribution in [0.4, 0.5) is 5.13 Å². The van der Waals surface area contributed by atoms with Crippen molar-refractivity contribution in [3.63, 3.8) is 0 Å². The molecule has 3 rings (SSSR count). The van der Waals surface area contributed by atoms with Gasteiger partial charge in [0.2, 0.25) is 5.91 Å². The Morgan fingerprint density at radius 2 is 2.38 bits per heavy atom. The highest BCUT2D eigenvalue weighted by Gasteiger charge is 2.30. The fourth-order valence-electron chi connectivity index (χ4n) is 1.93. The van der Waals surface area contributed by atoms with Crippen molar-refractivity contribution in [2.45, 2.75) is 25.8 Å². The molecule has 1 aliphatic heterocycles. The van der Waals surface area contributed by atoms with Crippen molar-refractivity contribution in [2.24, 2.45) is 5.92 Å². The van der Waals surface area contributed by atoms with Gasteiger partial charge in [-0.25, -0.2) is 4.98 Å². The molecule has 0 aromatic carbocycles. The second-order valence-electron chi connectivity index (χ2n) is 4.64. The van der Waals surface area contributed by atoms with E-state index in [9.17, 15) is 4.79 Å². The third kappa shape index (κ3) is 1.97. The predicted molar refractivity (Wildman–Crippen MR) is 63.5 cm³/mol. The number of thiazole rings is 1. The number of hydrogen-bond acceptors (Lipinski definition) is 4. The number of likely N-dealkylation sites (N-methyl/N-ethyl adjacent to an activating group) is 1. The number of aromatic nitrogens is 1. The summed E-state index contributed by atoms with van der Waals surface area (Å²) >= 11 is 1.63. The van der Waals surface area contributed by atoms with Crippen LogP contribution in [0.15, 0.2) is 0 Å². The van der Waals surface area contributed by atoms with Crippen molar-refractivity contribution in [1.29, 1.82) is 0 Å². The highest BCUT2D eigenvalue weighted by molar-refractivity contribution is 7.15. The van der Waals surface area contributed by atoms with Crippen LogP contribution >= 0.6 is 11.3 Å². The molecule has 0 spiro atoms. The van der Waals surface area contributed by atoms with Gasteiger partial charge in [-0.05, 0) is 19.9 Å². The molecule has 0 unspecified atom stereocenters. The van der Waals surface area contributed by atoms with Crippen LogP contribution in [0.25, 0.3) is 0 Å². The first-order chi connectivity index (χ1) is 7.72. The van der Waals surface area contributed by atoms with Gasteiger partial charge in [0.05, 0.1) is 5.69 Å². The Kier molecular flexibility index (Phi) is 2.44. The number of amides is 1. The lowest BCUT2D eigenvalue weighted by Gasteiger charge is -2.20. The number of carbonyl (C=O) groups excluding carboxylic acids is 1. The van der Waals surface area contributed by atoms with E-state index in [1.807, 2.05) is 0 Å². The van der Waals surface area contributed by atoms with Crippen LogP contribution in [0, 0.1) is 5.92 Å². The van der Waals surface area contributed by atoms with Crippen LogP contribution < -0.4 is 5.32 Å². The molecule has 0 radical (unpaired) electrons. The molecule has 0 bridgehead atoms. The highest BCUT2D eigenvalue weighted by Crippen LogP contribution is 2.32. The minimum atomic E-state index is 0.152. The van der Waals surface area contributed by atoms with Gasteiger partial charge in [-0.1, -0.05) is 0 Å². The molecule has 0 atom stereocenters. The van der Waals surface area contributed by atoms with Crippen molar-refractivity contribution in [3.05, 3.63) is 10.6 Å². The van der Waals surface area contributed by atoms with Gasteiger partial charge in [-0.2, -0.15) is 0 Å². The Morgan fingerprint density at radius 1 is 1.56 bits per heavy atom. The number of anilines is 1. The van der Waals surface area contributed by atoms with Gasteiger partial charge in [0.1, 0.15) is 0 Å². The second-order valence-corrected chi connectivity index (χ2v) is 5.72. The van der Waals surface area contributed by atoms with Gasteiger partial charge in [-0.15, -0.1) is 11.3 Å². The van der Waals surface area contributed by atoms with E-state index in [-0.39, 0.29) is 11.8 Å². The van der Waals surface area contributed by atoms with E-state index in [1.165, 1.54) is 10.6 Å². The zero-order valence-electron chi connectivity index (χ0n) is 9.32. The molecule has 86 valence electrons. The van der Waals surface area contributed by atoms with E-state index in [4.69, 9.17) is 0 Å². The summed E-state index contributed by atoms with van der Waals surface area (Å²) in [6.07, 6.45) is 3.08. The summed E-state index contributed by atoms with van der Waals surface area (Å²) in [6.45, 7) is 2.03. The van der Waals surface area contributed by atoms with Gasteiger partial charge in [0.15, 0.2) is 5.13 Å². The van der Waals surface area contributed by atoms with E-state index >= 15 is 0 Å². The lowest BCUT2D eigenvalue weighted by molar-refractivity contribution is -0.117. The standard InChI is InChI=1S/C11H15N3OS/c1-14-5-4-8-9(6-14)16-11(12-8)13-10(15)7-2-3-7/h7H,2-6H2,1H3,(H,12,13,15). The predicted octanol–water partition coefficient (Wildman–Crippen LogP) is 1.48. The van der Waals surface area contributed by atoms with Crippen LogP contribution in [-0.4, -0.2) is 29.4 Å². The smallest absolute Gasteiger partial charge is 0.229 e. The van der Waals surface area contributed by atoms with Gasteiger partial charge < -0.3 is 10.2 Å². The largest absolute Gasteiger partial charge is 0.302 e. The fourth-order valence-corrected chi connectivity index (χ4v) is 3.02. The lowest BCUT2D eigenvalue weighted by Crippen LogP contribution is -2.25. The van der Waals surface area contributed by atoms with Gasteiger partial charge >= 0.3 is 0 Å². The van der Waals surface area contributed by atoms with Crippen LogP contribution in [0.5, 0.6) is 0 Å². The number of fused-ring (bicyclic) bond motifs is 1. The maximum Gasteiger partial charge on any atom is 0.229 e. The average molecular weight is 237 g/mol. The Morgan fingerprint density at radius 3 is 3.12 bits per heavy atom. The Bertz CT molecular complexity index is 425. The van der Waals surface area contributed by atoms with Crippen LogP contribution in [0.2, 0.25) is 0 Å². The molecule has 1 fully saturated rings. The number of nitrogens with one attached hydrogen (secondary N) is 1. The summed E-state index contributed by atoms with van der Waals surface area (Å²) in [4.78, 5) is 19.7. The molecule has 1 N–H and O–H groups in total. The lowest BCUT2D eigenvalue weighted by atomic mass is 10.2. The molecule has 5 heteroatoms. The Balaban J connectivity index is 1.73. The summed E-state index contributed by atoms with van der Waals surface area (Å²) < 4.78 is 0. The fraction of sp³-hybridized carbons (Fsp3) is 0.636. The Labute approximate surface area is 98.7 Å². The molecule has 0 saturated heterocycles. The first-order valence-corrected chi connectivity index (χ1v) is 6.52. The number of rotatable bonds is 2. The second kappa shape index (κ2) is 3.82. The third-order valence-electron chi connectivity index (χ3n) is 3.10. The molecule has 4 nitrogen and oxygen atoms in total. The topological polar surface area (TPSA) is 45.2 Å². The van der Waals surface area contributed by atoms with Gasteiger partial charge in [0, 0.05) is 30.3 Å². The average Bonchev–Trinajstić information content (AvgIpc) is 3.00. The maximum atomic E-state index is 11.6. The molecule has 16 heavy (non-hydrogen) atoms. The summed E-state index contributed by atoms with van der Waals surface area (Å²) in [5.41, 5.74) is 1.18. The van der Waals surface area contributed by atoms with Crippen molar-refractivity contribution in [1.82, 2.24) is 9.88 Å². The molecule has 2 heterocycles. The van der Waals surface area contributed by atoms with E-state index in [2.05, 4.69) is 22.2 Å². The highest BCUT2D eigenvalue weighted by atomic mass is 32.1. The molecular formula is C11H15N3OS. The molecule has 1 aromatic rings. The third-order valence-corrected chi connectivity index (χ3v) is 4.10. The molecule has 1 saturated carbocycles. The van der Waals surface area contributed by atoms with Crippen LogP contribution in [-0.2, 0) is 17.8 Å². The van der Waals surface area contributed by atoms with Crippen LogP contribution in [0.1, 0.15) is 23.4 Å². The van der Waals surface area contributed by atoms with E-state index in [0.717, 1.165) is 37.5 Å². The van der Waals surface area contributed by atoms with Crippen LogP contribution in [0.3, 0.4) is 0 Å². The van der Waals surface area contributed by atoms with Crippen molar-refractivity contribution in [3.8, 4) is 0 Å². The van der Waals surface area contributed by atoms with E-state index < -0.39 is 0 Å². The maximum absolute atomic E-state index is 11.6. The summed E-state index contributed by atoms with van der Waals surface area (Å²) in [7, 11) is 2.12. The van der Waals surface area contributed by atoms with E-state index in [0.29, 0.717) is 0 Å². The molecule has 1 aromatic heterocycles. The molecule has 1 aliphatic carbocycles. The summed E-state index contributed by atoms with van der Waals surface area (Å²) in [5, 5.41) is 3.71. The number of nitrogens with zero attached hydrogens (tertiary/aromatic N) is 2.